The molecule has 0 aromatic heterocycles. The number of sulfonamides is 1. The number of hydrogen-bond acceptors (Lipinski definition) is 3. The first kappa shape index (κ1) is 19.5. The number of benzene rings is 2. The molecule has 0 saturated carbocycles. The summed E-state index contributed by atoms with van der Waals surface area (Å²) in [7, 11) is -3.35. The van der Waals surface area contributed by atoms with E-state index in [1.807, 2.05) is 48.5 Å². The van der Waals surface area contributed by atoms with E-state index in [1.54, 1.807) is 10.4 Å². The third kappa shape index (κ3) is 4.54. The Morgan fingerprint density at radius 1 is 1.12 bits per heavy atom. The van der Waals surface area contributed by atoms with Crippen LogP contribution in [0.2, 0.25) is 0 Å². The van der Waals surface area contributed by atoms with E-state index in [0.29, 0.717) is 13.1 Å². The Morgan fingerprint density at radius 2 is 1.81 bits per heavy atom. The minimum atomic E-state index is -3.35. The third-order valence-electron chi connectivity index (χ3n) is 4.68. The Kier molecular flexibility index (Phi) is 6.50. The first-order chi connectivity index (χ1) is 12.5. The molecular formula is C20H23IN2O2S. The lowest BCUT2D eigenvalue weighted by Crippen LogP contribution is -2.45. The quantitative estimate of drug-likeness (QED) is 0.508. The van der Waals surface area contributed by atoms with Crippen LogP contribution < -0.4 is 5.73 Å². The highest BCUT2D eigenvalue weighted by Crippen LogP contribution is 2.27. The van der Waals surface area contributed by atoms with Crippen LogP contribution in [-0.2, 0) is 29.5 Å². The van der Waals surface area contributed by atoms with E-state index < -0.39 is 10.0 Å². The van der Waals surface area contributed by atoms with E-state index >= 15 is 0 Å². The maximum absolute atomic E-state index is 12.9. The predicted molar refractivity (Wildman–Crippen MR) is 116 cm³/mol. The van der Waals surface area contributed by atoms with Gasteiger partial charge in [-0.05, 0) is 28.7 Å². The van der Waals surface area contributed by atoms with Crippen molar-refractivity contribution in [3.63, 3.8) is 0 Å². The summed E-state index contributed by atoms with van der Waals surface area (Å²) in [6.07, 6.45) is 4.37. The summed E-state index contributed by atoms with van der Waals surface area (Å²) in [6.45, 7) is 0.970. The molecular weight excluding hydrogens is 459 g/mol. The molecule has 1 aliphatic rings. The third-order valence-corrected chi connectivity index (χ3v) is 7.45. The molecule has 0 aliphatic carbocycles. The monoisotopic (exact) mass is 482 g/mol. The van der Waals surface area contributed by atoms with E-state index in [9.17, 15) is 8.42 Å². The Morgan fingerprint density at radius 3 is 2.46 bits per heavy atom. The van der Waals surface area contributed by atoms with Crippen molar-refractivity contribution in [1.82, 2.24) is 4.31 Å². The van der Waals surface area contributed by atoms with Crippen molar-refractivity contribution >= 4 is 38.7 Å². The van der Waals surface area contributed by atoms with Gasteiger partial charge in [0.15, 0.2) is 0 Å². The number of hydrogen-bond donors (Lipinski definition) is 1. The summed E-state index contributed by atoms with van der Waals surface area (Å²) in [4.78, 5) is 0. The van der Waals surface area contributed by atoms with Crippen LogP contribution >= 0.6 is 22.6 Å². The van der Waals surface area contributed by atoms with Gasteiger partial charge in [0.25, 0.3) is 0 Å². The van der Waals surface area contributed by atoms with Crippen molar-refractivity contribution in [1.29, 1.82) is 0 Å². The van der Waals surface area contributed by atoms with Crippen LogP contribution in [0.3, 0.4) is 0 Å². The van der Waals surface area contributed by atoms with E-state index in [0.717, 1.165) is 27.5 Å². The maximum Gasteiger partial charge on any atom is 0.218 e. The standard InChI is InChI=1S/C20H23IN2O2S/c21-13-20-12-18-5-1-2-6-19(18)15-23(20)26(24,25)11-3-4-16-7-9-17(14-22)10-8-16/h1-10,20H,11-15,22H2/t20-/m0/s1. The molecule has 0 fully saturated rings. The molecule has 3 rings (SSSR count). The number of halogens is 1. The molecule has 2 N–H and O–H groups in total. The molecule has 4 nitrogen and oxygen atoms in total. The molecule has 0 unspecified atom stereocenters. The molecule has 0 bridgehead atoms. The summed E-state index contributed by atoms with van der Waals surface area (Å²) in [5.74, 6) is 0.0148. The fraction of sp³-hybridized carbons (Fsp3) is 0.300. The normalized spacial score (nSPS) is 18.2. The van der Waals surface area contributed by atoms with Crippen molar-refractivity contribution < 1.29 is 8.42 Å². The minimum absolute atomic E-state index is 0.0148. The van der Waals surface area contributed by atoms with E-state index in [4.69, 9.17) is 5.73 Å². The zero-order valence-corrected chi connectivity index (χ0v) is 17.5. The Hall–Kier alpha value is -1.22. The Labute approximate surface area is 169 Å². The molecule has 0 amide bonds. The van der Waals surface area contributed by atoms with Gasteiger partial charge in [-0.15, -0.1) is 0 Å². The molecule has 26 heavy (non-hydrogen) atoms. The van der Waals surface area contributed by atoms with Crippen LogP contribution in [0.4, 0.5) is 0 Å². The van der Waals surface area contributed by atoms with Gasteiger partial charge in [-0.3, -0.25) is 0 Å². The summed E-state index contributed by atoms with van der Waals surface area (Å²) in [6, 6.07) is 16.0. The summed E-state index contributed by atoms with van der Waals surface area (Å²) in [5, 5.41) is 0. The lowest BCUT2D eigenvalue weighted by Gasteiger charge is -2.34. The van der Waals surface area contributed by atoms with Gasteiger partial charge in [-0.2, -0.15) is 4.31 Å². The molecule has 2 aromatic rings. The molecule has 1 atom stereocenters. The van der Waals surface area contributed by atoms with Crippen LogP contribution in [0.15, 0.2) is 54.6 Å². The molecule has 138 valence electrons. The SMILES string of the molecule is NCc1ccc(C=CCS(=O)(=O)N2Cc3ccccc3C[C@H]2CI)cc1. The van der Waals surface area contributed by atoms with E-state index in [1.165, 1.54) is 5.56 Å². The number of rotatable bonds is 6. The van der Waals surface area contributed by atoms with Gasteiger partial charge >= 0.3 is 0 Å². The van der Waals surface area contributed by atoms with Crippen molar-refractivity contribution in [2.75, 3.05) is 10.2 Å². The summed E-state index contributed by atoms with van der Waals surface area (Å²) in [5.41, 5.74) is 10.0. The highest BCUT2D eigenvalue weighted by atomic mass is 127. The van der Waals surface area contributed by atoms with Crippen molar-refractivity contribution in [3.8, 4) is 0 Å². The predicted octanol–water partition coefficient (Wildman–Crippen LogP) is 3.35. The lowest BCUT2D eigenvalue weighted by atomic mass is 9.97. The maximum atomic E-state index is 12.9. The second-order valence-corrected chi connectivity index (χ2v) is 9.30. The van der Waals surface area contributed by atoms with Crippen molar-refractivity contribution in [2.45, 2.75) is 25.6 Å². The molecule has 0 radical (unpaired) electrons. The smallest absolute Gasteiger partial charge is 0.218 e. The number of alkyl halides is 1. The van der Waals surface area contributed by atoms with Crippen LogP contribution in [0.25, 0.3) is 6.08 Å². The van der Waals surface area contributed by atoms with Crippen LogP contribution in [-0.4, -0.2) is 28.9 Å². The minimum Gasteiger partial charge on any atom is -0.326 e. The second kappa shape index (κ2) is 8.65. The van der Waals surface area contributed by atoms with Gasteiger partial charge in [-0.1, -0.05) is 83.3 Å². The van der Waals surface area contributed by atoms with Gasteiger partial charge in [0, 0.05) is 23.6 Å². The fourth-order valence-corrected chi connectivity index (χ4v) is 5.71. The fourth-order valence-electron chi connectivity index (χ4n) is 3.19. The van der Waals surface area contributed by atoms with Gasteiger partial charge in [0.2, 0.25) is 10.0 Å². The molecule has 6 heteroatoms. The number of fused-ring (bicyclic) bond motifs is 1. The zero-order chi connectivity index (χ0) is 18.6. The van der Waals surface area contributed by atoms with Gasteiger partial charge in [0.1, 0.15) is 0 Å². The largest absolute Gasteiger partial charge is 0.326 e. The average Bonchev–Trinajstić information content (AvgIpc) is 2.67. The van der Waals surface area contributed by atoms with Crippen LogP contribution in [0, 0.1) is 0 Å². The first-order valence-corrected chi connectivity index (χ1v) is 11.7. The second-order valence-electron chi connectivity index (χ2n) is 6.45. The summed E-state index contributed by atoms with van der Waals surface area (Å²) >= 11 is 2.28. The summed E-state index contributed by atoms with van der Waals surface area (Å²) < 4.78 is 28.3. The van der Waals surface area contributed by atoms with E-state index in [2.05, 4.69) is 28.7 Å². The zero-order valence-electron chi connectivity index (χ0n) is 14.5. The van der Waals surface area contributed by atoms with Crippen molar-refractivity contribution in [3.05, 3.63) is 76.9 Å². The number of nitrogens with zero attached hydrogens (tertiary/aromatic N) is 1. The molecule has 0 saturated heterocycles. The van der Waals surface area contributed by atoms with Gasteiger partial charge in [0.05, 0.1) is 5.75 Å². The topological polar surface area (TPSA) is 63.4 Å². The molecule has 1 heterocycles. The molecule has 0 spiro atoms. The first-order valence-electron chi connectivity index (χ1n) is 8.61. The highest BCUT2D eigenvalue weighted by Gasteiger charge is 2.33. The Bertz CT molecular complexity index is 879. The van der Waals surface area contributed by atoms with Crippen LogP contribution in [0.1, 0.15) is 22.3 Å². The molecule has 1 aliphatic heterocycles. The van der Waals surface area contributed by atoms with Crippen LogP contribution in [0.5, 0.6) is 0 Å². The lowest BCUT2D eigenvalue weighted by molar-refractivity contribution is 0.317. The van der Waals surface area contributed by atoms with Crippen molar-refractivity contribution in [2.24, 2.45) is 5.73 Å². The number of nitrogens with two attached hydrogens (primary N) is 1. The molecule has 2 aromatic carbocycles. The Balaban J connectivity index is 1.73. The average molecular weight is 482 g/mol. The van der Waals surface area contributed by atoms with E-state index in [-0.39, 0.29) is 11.8 Å². The van der Waals surface area contributed by atoms with Gasteiger partial charge in [-0.25, -0.2) is 8.42 Å². The highest BCUT2D eigenvalue weighted by molar-refractivity contribution is 14.1. The van der Waals surface area contributed by atoms with Gasteiger partial charge < -0.3 is 5.73 Å².